The molecule has 0 aliphatic carbocycles. The third-order valence-corrected chi connectivity index (χ3v) is 4.11. The summed E-state index contributed by atoms with van der Waals surface area (Å²) in [5.74, 6) is 0. The summed E-state index contributed by atoms with van der Waals surface area (Å²) < 4.78 is 5.19. The van der Waals surface area contributed by atoms with Crippen molar-refractivity contribution in [1.29, 1.82) is 0 Å². The summed E-state index contributed by atoms with van der Waals surface area (Å²) in [6, 6.07) is 18.7. The summed E-state index contributed by atoms with van der Waals surface area (Å²) in [4.78, 5) is 11.9. The minimum Gasteiger partial charge on any atom is -0.447 e. The van der Waals surface area contributed by atoms with Crippen LogP contribution in [0.1, 0.15) is 13.8 Å². The lowest BCUT2D eigenvalue weighted by atomic mass is 9.93. The third-order valence-electron chi connectivity index (χ3n) is 4.11. The fraction of sp³-hybridized carbons (Fsp3) is 0.150. The van der Waals surface area contributed by atoms with E-state index in [1.165, 1.54) is 26.9 Å². The number of amides is 1. The highest BCUT2D eigenvalue weighted by atomic mass is 16.6. The van der Waals surface area contributed by atoms with Gasteiger partial charge in [-0.25, -0.2) is 4.79 Å². The molecular weight excluding hydrogens is 286 g/mol. The molecule has 4 aromatic carbocycles. The Hall–Kier alpha value is -2.81. The van der Waals surface area contributed by atoms with Crippen molar-refractivity contribution < 1.29 is 9.53 Å². The molecule has 0 aromatic heterocycles. The van der Waals surface area contributed by atoms with Gasteiger partial charge in [0.25, 0.3) is 0 Å². The van der Waals surface area contributed by atoms with Crippen LogP contribution in [0.25, 0.3) is 32.3 Å². The summed E-state index contributed by atoms with van der Waals surface area (Å²) in [6.07, 6.45) is -0.565. The van der Waals surface area contributed by atoms with Gasteiger partial charge in [-0.3, -0.25) is 5.32 Å². The third kappa shape index (κ3) is 2.25. The second-order valence-corrected chi connectivity index (χ2v) is 6.05. The van der Waals surface area contributed by atoms with Crippen LogP contribution in [-0.4, -0.2) is 12.2 Å². The van der Waals surface area contributed by atoms with E-state index in [4.69, 9.17) is 4.74 Å². The Morgan fingerprint density at radius 1 is 0.870 bits per heavy atom. The van der Waals surface area contributed by atoms with Crippen LogP contribution >= 0.6 is 0 Å². The highest BCUT2D eigenvalue weighted by molar-refractivity contribution is 6.25. The maximum Gasteiger partial charge on any atom is 0.411 e. The molecule has 0 spiro atoms. The monoisotopic (exact) mass is 303 g/mol. The van der Waals surface area contributed by atoms with E-state index in [9.17, 15) is 4.79 Å². The van der Waals surface area contributed by atoms with Gasteiger partial charge in [-0.2, -0.15) is 0 Å². The van der Waals surface area contributed by atoms with Crippen LogP contribution in [0.4, 0.5) is 10.5 Å². The van der Waals surface area contributed by atoms with Gasteiger partial charge in [-0.05, 0) is 46.8 Å². The lowest BCUT2D eigenvalue weighted by Crippen LogP contribution is -2.18. The van der Waals surface area contributed by atoms with Crippen molar-refractivity contribution in [2.75, 3.05) is 5.32 Å². The largest absolute Gasteiger partial charge is 0.447 e. The topological polar surface area (TPSA) is 38.3 Å². The highest BCUT2D eigenvalue weighted by Gasteiger charge is 2.13. The standard InChI is InChI=1S/C20H17NO2/c1-12(2)23-20(22)21-17-11-9-15-7-6-13-4-3-5-14-8-10-16(17)19(15)18(13)14/h3-12H,1-2H3,(H,21,22). The molecular formula is C20H17NO2. The lowest BCUT2D eigenvalue weighted by Gasteiger charge is -2.15. The molecule has 0 fully saturated rings. The number of rotatable bonds is 2. The van der Waals surface area contributed by atoms with Crippen LogP contribution in [0.3, 0.4) is 0 Å². The maximum absolute atomic E-state index is 11.9. The van der Waals surface area contributed by atoms with Gasteiger partial charge in [0.15, 0.2) is 0 Å². The molecule has 0 bridgehead atoms. The van der Waals surface area contributed by atoms with Gasteiger partial charge in [0.1, 0.15) is 0 Å². The maximum atomic E-state index is 11.9. The van der Waals surface area contributed by atoms with Gasteiger partial charge < -0.3 is 4.74 Å². The smallest absolute Gasteiger partial charge is 0.411 e. The molecule has 0 radical (unpaired) electrons. The van der Waals surface area contributed by atoms with E-state index in [-0.39, 0.29) is 6.10 Å². The van der Waals surface area contributed by atoms with Gasteiger partial charge in [-0.1, -0.05) is 48.5 Å². The van der Waals surface area contributed by atoms with E-state index < -0.39 is 6.09 Å². The number of anilines is 1. The van der Waals surface area contributed by atoms with E-state index >= 15 is 0 Å². The Bertz CT molecular complexity index is 1000. The molecule has 0 saturated carbocycles. The molecule has 1 N–H and O–H groups in total. The summed E-state index contributed by atoms with van der Waals surface area (Å²) in [7, 11) is 0. The normalized spacial score (nSPS) is 11.6. The number of hydrogen-bond donors (Lipinski definition) is 1. The lowest BCUT2D eigenvalue weighted by molar-refractivity contribution is 0.130. The first-order valence-electron chi connectivity index (χ1n) is 7.77. The number of benzene rings is 4. The first kappa shape index (κ1) is 13.8. The van der Waals surface area contributed by atoms with Crippen molar-refractivity contribution in [1.82, 2.24) is 0 Å². The average Bonchev–Trinajstić information content (AvgIpc) is 2.53. The fourth-order valence-corrected chi connectivity index (χ4v) is 3.20. The highest BCUT2D eigenvalue weighted by Crippen LogP contribution is 2.37. The number of hydrogen-bond acceptors (Lipinski definition) is 2. The summed E-state index contributed by atoms with van der Waals surface area (Å²) in [6.45, 7) is 3.67. The molecule has 3 heteroatoms. The predicted molar refractivity (Wildman–Crippen MR) is 95.4 cm³/mol. The van der Waals surface area contributed by atoms with E-state index in [0.29, 0.717) is 0 Å². The Kier molecular flexibility index (Phi) is 3.08. The number of nitrogens with one attached hydrogen (secondary N) is 1. The van der Waals surface area contributed by atoms with Gasteiger partial charge in [0, 0.05) is 5.39 Å². The molecule has 3 nitrogen and oxygen atoms in total. The van der Waals surface area contributed by atoms with Crippen molar-refractivity contribution in [2.45, 2.75) is 20.0 Å². The summed E-state index contributed by atoms with van der Waals surface area (Å²) in [5.41, 5.74) is 0.779. The van der Waals surface area contributed by atoms with Crippen LogP contribution in [0.5, 0.6) is 0 Å². The first-order valence-corrected chi connectivity index (χ1v) is 7.77. The Labute approximate surface area is 134 Å². The molecule has 23 heavy (non-hydrogen) atoms. The second-order valence-electron chi connectivity index (χ2n) is 6.05. The molecule has 1 amide bonds. The SMILES string of the molecule is CC(C)OC(=O)Nc1ccc2ccc3cccc4ccc1c2c34. The Morgan fingerprint density at radius 3 is 2.17 bits per heavy atom. The minimum atomic E-state index is -0.421. The summed E-state index contributed by atoms with van der Waals surface area (Å²) in [5, 5.41) is 9.92. The molecule has 114 valence electrons. The van der Waals surface area contributed by atoms with Crippen molar-refractivity contribution in [3.8, 4) is 0 Å². The number of carbonyl (C=O) groups excluding carboxylic acids is 1. The van der Waals surface area contributed by atoms with E-state index in [1.807, 2.05) is 26.0 Å². The van der Waals surface area contributed by atoms with Crippen LogP contribution < -0.4 is 5.32 Å². The zero-order chi connectivity index (χ0) is 16.0. The average molecular weight is 303 g/mol. The van der Waals surface area contributed by atoms with Crippen LogP contribution in [0.15, 0.2) is 54.6 Å². The van der Waals surface area contributed by atoms with E-state index in [1.54, 1.807) is 0 Å². The second kappa shape index (κ2) is 5.13. The van der Waals surface area contributed by atoms with Crippen molar-refractivity contribution in [2.24, 2.45) is 0 Å². The Balaban J connectivity index is 1.94. The van der Waals surface area contributed by atoms with E-state index in [2.05, 4.69) is 47.8 Å². The predicted octanol–water partition coefficient (Wildman–Crippen LogP) is 5.54. The molecule has 4 rings (SSSR count). The molecule has 0 atom stereocenters. The van der Waals surface area contributed by atoms with Gasteiger partial charge >= 0.3 is 6.09 Å². The van der Waals surface area contributed by atoms with E-state index in [0.717, 1.165) is 11.1 Å². The quantitative estimate of drug-likeness (QED) is 0.494. The molecule has 0 unspecified atom stereocenters. The molecule has 0 heterocycles. The Morgan fingerprint density at radius 2 is 1.48 bits per heavy atom. The molecule has 4 aromatic rings. The minimum absolute atomic E-state index is 0.144. The fourth-order valence-electron chi connectivity index (χ4n) is 3.20. The van der Waals surface area contributed by atoms with Crippen molar-refractivity contribution >= 4 is 44.1 Å². The molecule has 0 aliphatic rings. The van der Waals surface area contributed by atoms with Gasteiger partial charge in [0.05, 0.1) is 11.8 Å². The van der Waals surface area contributed by atoms with Crippen LogP contribution in [0, 0.1) is 0 Å². The molecule has 0 saturated heterocycles. The number of carbonyl (C=O) groups is 1. The van der Waals surface area contributed by atoms with Crippen molar-refractivity contribution in [3.05, 3.63) is 54.6 Å². The van der Waals surface area contributed by atoms with Crippen LogP contribution in [0.2, 0.25) is 0 Å². The van der Waals surface area contributed by atoms with Crippen molar-refractivity contribution in [3.63, 3.8) is 0 Å². The summed E-state index contributed by atoms with van der Waals surface area (Å²) >= 11 is 0. The van der Waals surface area contributed by atoms with Gasteiger partial charge in [0.2, 0.25) is 0 Å². The first-order chi connectivity index (χ1) is 11.1. The van der Waals surface area contributed by atoms with Gasteiger partial charge in [-0.15, -0.1) is 0 Å². The molecule has 0 aliphatic heterocycles. The zero-order valence-corrected chi connectivity index (χ0v) is 13.1. The zero-order valence-electron chi connectivity index (χ0n) is 13.1. The van der Waals surface area contributed by atoms with Crippen LogP contribution in [-0.2, 0) is 4.74 Å². The number of ether oxygens (including phenoxy) is 1.